The van der Waals surface area contributed by atoms with Crippen molar-refractivity contribution in [2.45, 2.75) is 25.7 Å². The van der Waals surface area contributed by atoms with E-state index in [2.05, 4.69) is 6.07 Å². The lowest BCUT2D eigenvalue weighted by Crippen LogP contribution is -2.08. The molecule has 2 aromatic carbocycles. The maximum atomic E-state index is 12.3. The van der Waals surface area contributed by atoms with Crippen molar-refractivity contribution >= 4 is 17.5 Å². The van der Waals surface area contributed by atoms with Gasteiger partial charge in [0.25, 0.3) is 5.69 Å². The van der Waals surface area contributed by atoms with Gasteiger partial charge in [-0.1, -0.05) is 55.5 Å². The topological polar surface area (TPSA) is 84.0 Å². The van der Waals surface area contributed by atoms with Crippen LogP contribution < -0.4 is 0 Å². The second-order valence-electron chi connectivity index (χ2n) is 5.56. The second-order valence-corrected chi connectivity index (χ2v) is 5.56. The van der Waals surface area contributed by atoms with Crippen LogP contribution in [-0.2, 0) is 4.79 Å². The van der Waals surface area contributed by atoms with E-state index in [-0.39, 0.29) is 17.9 Å². The molecule has 0 N–H and O–H groups in total. The number of carbonyl (C=O) groups excluding carboxylic acids is 1. The normalized spacial score (nSPS) is 12.2. The number of nitrogens with zero attached hydrogens (tertiary/aromatic N) is 2. The summed E-state index contributed by atoms with van der Waals surface area (Å²) in [5, 5.41) is 20.8. The number of nitro groups is 1. The van der Waals surface area contributed by atoms with Crippen molar-refractivity contribution in [3.8, 4) is 6.07 Å². The molecule has 0 heterocycles. The Bertz CT molecular complexity index is 836. The van der Waals surface area contributed by atoms with E-state index in [1.54, 1.807) is 31.2 Å². The summed E-state index contributed by atoms with van der Waals surface area (Å²) in [6.07, 6.45) is 2.21. The standard InChI is InChI=1S/C20H18N2O3/c1-2-20(23)16(12-15-8-4-3-5-9-15)13-17(14-21)18-10-6-7-11-19(18)22(24)25/h3-12,17H,2,13H2,1H3/b16-12+. The summed E-state index contributed by atoms with van der Waals surface area (Å²) in [5.74, 6) is -0.824. The third-order valence-corrected chi connectivity index (χ3v) is 3.91. The second kappa shape index (κ2) is 8.55. The SMILES string of the molecule is CCC(=O)/C(=C/c1ccccc1)CC(C#N)c1ccccc1[N+](=O)[O-]. The lowest BCUT2D eigenvalue weighted by atomic mass is 9.89. The summed E-state index contributed by atoms with van der Waals surface area (Å²) >= 11 is 0. The first kappa shape index (κ1) is 18.1. The molecule has 0 saturated heterocycles. The highest BCUT2D eigenvalue weighted by Gasteiger charge is 2.24. The van der Waals surface area contributed by atoms with Crippen LogP contribution in [0, 0.1) is 21.4 Å². The first-order valence-electron chi connectivity index (χ1n) is 7.98. The number of para-hydroxylation sites is 1. The molecule has 25 heavy (non-hydrogen) atoms. The average molecular weight is 334 g/mol. The first-order chi connectivity index (χ1) is 12.1. The van der Waals surface area contributed by atoms with Crippen LogP contribution in [-0.4, -0.2) is 10.7 Å². The number of nitriles is 1. The molecule has 0 aliphatic carbocycles. The van der Waals surface area contributed by atoms with Crippen LogP contribution in [0.15, 0.2) is 60.2 Å². The summed E-state index contributed by atoms with van der Waals surface area (Å²) in [4.78, 5) is 23.0. The monoisotopic (exact) mass is 334 g/mol. The van der Waals surface area contributed by atoms with Gasteiger partial charge in [0.05, 0.1) is 16.9 Å². The molecule has 0 aromatic heterocycles. The zero-order valence-corrected chi connectivity index (χ0v) is 13.9. The Morgan fingerprint density at radius 2 is 1.84 bits per heavy atom. The molecule has 0 aliphatic rings. The Kier molecular flexibility index (Phi) is 6.19. The van der Waals surface area contributed by atoms with Crippen molar-refractivity contribution in [1.29, 1.82) is 5.26 Å². The first-order valence-corrected chi connectivity index (χ1v) is 7.98. The number of benzene rings is 2. The Balaban J connectivity index is 2.40. The summed E-state index contributed by atoms with van der Waals surface area (Å²) in [7, 11) is 0. The fraction of sp³-hybridized carbons (Fsp3) is 0.200. The summed E-state index contributed by atoms with van der Waals surface area (Å²) < 4.78 is 0. The van der Waals surface area contributed by atoms with Gasteiger partial charge in [-0.05, 0) is 23.6 Å². The van der Waals surface area contributed by atoms with E-state index < -0.39 is 10.8 Å². The Hall–Kier alpha value is -3.26. The molecule has 0 saturated carbocycles. The summed E-state index contributed by atoms with van der Waals surface area (Å²) in [6, 6.07) is 17.6. The fourth-order valence-corrected chi connectivity index (χ4v) is 2.62. The number of carbonyl (C=O) groups is 1. The van der Waals surface area contributed by atoms with Gasteiger partial charge in [0.15, 0.2) is 5.78 Å². The van der Waals surface area contributed by atoms with Gasteiger partial charge in [-0.3, -0.25) is 14.9 Å². The molecule has 1 atom stereocenters. The van der Waals surface area contributed by atoms with E-state index >= 15 is 0 Å². The van der Waals surface area contributed by atoms with Crippen LogP contribution in [0.5, 0.6) is 0 Å². The largest absolute Gasteiger partial charge is 0.295 e. The lowest BCUT2D eigenvalue weighted by Gasteiger charge is -2.12. The van der Waals surface area contributed by atoms with Gasteiger partial charge in [0, 0.05) is 18.1 Å². The van der Waals surface area contributed by atoms with Gasteiger partial charge in [-0.2, -0.15) is 5.26 Å². The van der Waals surface area contributed by atoms with Crippen LogP contribution in [0.4, 0.5) is 5.69 Å². The number of hydrogen-bond acceptors (Lipinski definition) is 4. The van der Waals surface area contributed by atoms with E-state index in [0.717, 1.165) is 5.56 Å². The summed E-state index contributed by atoms with van der Waals surface area (Å²) in [5.41, 5.74) is 1.59. The smallest absolute Gasteiger partial charge is 0.273 e. The number of Topliss-reactive ketones (excluding diaryl/α,β-unsaturated/α-hetero) is 1. The molecule has 0 aliphatic heterocycles. The van der Waals surface area contributed by atoms with Crippen LogP contribution in [0.3, 0.4) is 0 Å². The summed E-state index contributed by atoms with van der Waals surface area (Å²) in [6.45, 7) is 1.76. The van der Waals surface area contributed by atoms with Crippen LogP contribution in [0.1, 0.15) is 36.8 Å². The predicted octanol–water partition coefficient (Wildman–Crippen LogP) is 4.65. The molecule has 1 unspecified atom stereocenters. The molecule has 5 nitrogen and oxygen atoms in total. The number of allylic oxidation sites excluding steroid dienone is 1. The zero-order chi connectivity index (χ0) is 18.2. The predicted molar refractivity (Wildman–Crippen MR) is 95.8 cm³/mol. The molecule has 0 bridgehead atoms. The van der Waals surface area contributed by atoms with Gasteiger partial charge in [-0.25, -0.2) is 0 Å². The van der Waals surface area contributed by atoms with Crippen molar-refractivity contribution in [3.05, 3.63) is 81.4 Å². The minimum atomic E-state index is -0.757. The van der Waals surface area contributed by atoms with Crippen LogP contribution in [0.2, 0.25) is 0 Å². The van der Waals surface area contributed by atoms with Crippen LogP contribution in [0.25, 0.3) is 6.08 Å². The highest BCUT2D eigenvalue weighted by atomic mass is 16.6. The van der Waals surface area contributed by atoms with Crippen molar-refractivity contribution < 1.29 is 9.72 Å². The van der Waals surface area contributed by atoms with E-state index in [4.69, 9.17) is 0 Å². The number of nitro benzene ring substituents is 1. The molecular formula is C20H18N2O3. The highest BCUT2D eigenvalue weighted by molar-refractivity contribution is 5.99. The number of ketones is 1. The molecular weight excluding hydrogens is 316 g/mol. The molecule has 5 heteroatoms. The molecule has 2 aromatic rings. The third-order valence-electron chi connectivity index (χ3n) is 3.91. The minimum absolute atomic E-state index is 0.0670. The third kappa shape index (κ3) is 4.61. The van der Waals surface area contributed by atoms with Crippen molar-refractivity contribution in [2.24, 2.45) is 0 Å². The minimum Gasteiger partial charge on any atom is -0.295 e. The van der Waals surface area contributed by atoms with E-state index in [1.807, 2.05) is 30.3 Å². The van der Waals surface area contributed by atoms with Gasteiger partial charge >= 0.3 is 0 Å². The maximum absolute atomic E-state index is 12.3. The Morgan fingerprint density at radius 1 is 1.20 bits per heavy atom. The maximum Gasteiger partial charge on any atom is 0.273 e. The highest BCUT2D eigenvalue weighted by Crippen LogP contribution is 2.31. The van der Waals surface area contributed by atoms with Crippen molar-refractivity contribution in [2.75, 3.05) is 0 Å². The Labute approximate surface area is 146 Å². The van der Waals surface area contributed by atoms with Gasteiger partial charge in [-0.15, -0.1) is 0 Å². The molecule has 0 amide bonds. The van der Waals surface area contributed by atoms with Crippen LogP contribution >= 0.6 is 0 Å². The van der Waals surface area contributed by atoms with Gasteiger partial charge < -0.3 is 0 Å². The Morgan fingerprint density at radius 3 is 2.44 bits per heavy atom. The number of rotatable bonds is 7. The van der Waals surface area contributed by atoms with Gasteiger partial charge in [0.2, 0.25) is 0 Å². The molecule has 2 rings (SSSR count). The van der Waals surface area contributed by atoms with Crippen molar-refractivity contribution in [3.63, 3.8) is 0 Å². The number of hydrogen-bond donors (Lipinski definition) is 0. The van der Waals surface area contributed by atoms with E-state index in [9.17, 15) is 20.2 Å². The molecule has 0 radical (unpaired) electrons. The molecule has 0 spiro atoms. The molecule has 126 valence electrons. The van der Waals surface area contributed by atoms with Gasteiger partial charge in [0.1, 0.15) is 0 Å². The quantitative estimate of drug-likeness (QED) is 0.419. The van der Waals surface area contributed by atoms with E-state index in [0.29, 0.717) is 17.6 Å². The lowest BCUT2D eigenvalue weighted by molar-refractivity contribution is -0.385. The van der Waals surface area contributed by atoms with Crippen molar-refractivity contribution in [1.82, 2.24) is 0 Å². The zero-order valence-electron chi connectivity index (χ0n) is 13.9. The van der Waals surface area contributed by atoms with E-state index in [1.165, 1.54) is 6.07 Å². The molecule has 0 fully saturated rings. The average Bonchev–Trinajstić information content (AvgIpc) is 2.65. The fourth-order valence-electron chi connectivity index (χ4n) is 2.62.